The number of carbonyl (C=O) groups is 2. The first kappa shape index (κ1) is 17.2. The molecule has 1 aliphatic heterocycles. The van der Waals surface area contributed by atoms with Crippen molar-refractivity contribution in [1.29, 1.82) is 0 Å². The van der Waals surface area contributed by atoms with Crippen LogP contribution in [0.25, 0.3) is 9.53 Å². The van der Waals surface area contributed by atoms with Crippen molar-refractivity contribution in [2.75, 3.05) is 25.5 Å². The first-order chi connectivity index (χ1) is 11.5. The molecule has 1 amide bonds. The van der Waals surface area contributed by atoms with Crippen LogP contribution < -0.4 is 4.90 Å². The summed E-state index contributed by atoms with van der Waals surface area (Å²) in [4.78, 5) is 33.7. The molecular weight excluding hydrogens is 346 g/mol. The van der Waals surface area contributed by atoms with Crippen molar-refractivity contribution in [3.05, 3.63) is 10.9 Å². The van der Waals surface area contributed by atoms with Gasteiger partial charge in [-0.25, -0.2) is 4.98 Å². The highest BCUT2D eigenvalue weighted by atomic mass is 32.1. The van der Waals surface area contributed by atoms with Gasteiger partial charge in [-0.3, -0.25) is 9.59 Å². The second kappa shape index (κ2) is 7.06. The van der Waals surface area contributed by atoms with Crippen molar-refractivity contribution < 1.29 is 14.7 Å². The molecule has 1 saturated heterocycles. The van der Waals surface area contributed by atoms with Gasteiger partial charge >= 0.3 is 5.97 Å². The van der Waals surface area contributed by atoms with E-state index in [9.17, 15) is 9.59 Å². The Morgan fingerprint density at radius 3 is 2.83 bits per heavy atom. The van der Waals surface area contributed by atoms with Crippen molar-refractivity contribution in [3.63, 3.8) is 0 Å². The second-order valence-electron chi connectivity index (χ2n) is 6.25. The lowest BCUT2D eigenvalue weighted by Gasteiger charge is -2.35. The van der Waals surface area contributed by atoms with E-state index in [1.165, 1.54) is 11.3 Å². The summed E-state index contributed by atoms with van der Waals surface area (Å²) >= 11 is 3.01. The molecule has 0 spiro atoms. The molecule has 6 nitrogen and oxygen atoms in total. The van der Waals surface area contributed by atoms with Crippen molar-refractivity contribution in [2.24, 2.45) is 0 Å². The molecule has 1 N–H and O–H groups in total. The summed E-state index contributed by atoms with van der Waals surface area (Å²) in [7, 11) is 3.91. The SMILES string of the molecule is CN(C)c1nc2sc(C(=O)N3CCCCC3CCC(=O)O)cc2s1. The van der Waals surface area contributed by atoms with Crippen LogP contribution in [0.2, 0.25) is 0 Å². The van der Waals surface area contributed by atoms with Gasteiger partial charge in [-0.05, 0) is 31.7 Å². The molecule has 1 aliphatic rings. The van der Waals surface area contributed by atoms with E-state index in [2.05, 4.69) is 4.98 Å². The molecule has 0 bridgehead atoms. The van der Waals surface area contributed by atoms with Crippen LogP contribution in [0.4, 0.5) is 5.13 Å². The van der Waals surface area contributed by atoms with Gasteiger partial charge in [-0.1, -0.05) is 11.3 Å². The molecule has 3 heterocycles. The normalized spacial score (nSPS) is 18.1. The van der Waals surface area contributed by atoms with Crippen molar-refractivity contribution in [3.8, 4) is 0 Å². The standard InChI is InChI=1S/C16H21N3O3S2/c1-18(2)16-17-14-11(24-16)9-12(23-14)15(22)19-8-4-3-5-10(19)6-7-13(20)21/h9-10H,3-8H2,1-2H3,(H,20,21). The van der Waals surface area contributed by atoms with Crippen LogP contribution in [0.3, 0.4) is 0 Å². The number of anilines is 1. The van der Waals surface area contributed by atoms with Crippen molar-refractivity contribution in [2.45, 2.75) is 38.1 Å². The molecule has 0 aliphatic carbocycles. The van der Waals surface area contributed by atoms with Crippen LogP contribution >= 0.6 is 22.7 Å². The Balaban J connectivity index is 1.78. The minimum Gasteiger partial charge on any atom is -0.481 e. The first-order valence-electron chi connectivity index (χ1n) is 8.06. The fraction of sp³-hybridized carbons (Fsp3) is 0.562. The van der Waals surface area contributed by atoms with E-state index in [4.69, 9.17) is 5.11 Å². The fourth-order valence-corrected chi connectivity index (χ4v) is 5.11. The zero-order valence-electron chi connectivity index (χ0n) is 13.8. The number of piperidine rings is 1. The summed E-state index contributed by atoms with van der Waals surface area (Å²) < 4.78 is 1.03. The molecule has 130 valence electrons. The Morgan fingerprint density at radius 2 is 2.17 bits per heavy atom. The number of thiophene rings is 1. The number of thiazole rings is 1. The van der Waals surface area contributed by atoms with E-state index >= 15 is 0 Å². The number of carbonyl (C=O) groups excluding carboxylic acids is 1. The molecular formula is C16H21N3O3S2. The van der Waals surface area contributed by atoms with Crippen LogP contribution in [0.5, 0.6) is 0 Å². The molecule has 0 aromatic carbocycles. The molecule has 2 aromatic rings. The highest BCUT2D eigenvalue weighted by Gasteiger charge is 2.29. The Labute approximate surface area is 148 Å². The van der Waals surface area contributed by atoms with Gasteiger partial charge in [-0.2, -0.15) is 0 Å². The summed E-state index contributed by atoms with van der Waals surface area (Å²) in [5, 5.41) is 9.85. The molecule has 3 rings (SSSR count). The van der Waals surface area contributed by atoms with Gasteiger partial charge in [0.25, 0.3) is 5.91 Å². The van der Waals surface area contributed by atoms with E-state index in [-0.39, 0.29) is 18.4 Å². The number of nitrogens with zero attached hydrogens (tertiary/aromatic N) is 3. The van der Waals surface area contributed by atoms with Gasteiger partial charge in [-0.15, -0.1) is 11.3 Å². The average molecular weight is 367 g/mol. The van der Waals surface area contributed by atoms with Crippen LogP contribution in [-0.4, -0.2) is 53.5 Å². The number of aromatic nitrogens is 1. The molecule has 1 fully saturated rings. The van der Waals surface area contributed by atoms with E-state index in [0.29, 0.717) is 17.8 Å². The number of carboxylic acids is 1. The Hall–Kier alpha value is -1.67. The van der Waals surface area contributed by atoms with Gasteiger partial charge in [0.2, 0.25) is 0 Å². The number of rotatable bonds is 5. The number of carboxylic acid groups (broad SMARTS) is 1. The monoisotopic (exact) mass is 367 g/mol. The third-order valence-corrected chi connectivity index (χ3v) is 6.57. The summed E-state index contributed by atoms with van der Waals surface area (Å²) in [6.07, 6.45) is 3.58. The third-order valence-electron chi connectivity index (χ3n) is 4.25. The van der Waals surface area contributed by atoms with E-state index in [1.54, 1.807) is 11.3 Å². The maximum Gasteiger partial charge on any atom is 0.303 e. The van der Waals surface area contributed by atoms with Crippen LogP contribution in [0.1, 0.15) is 41.8 Å². The molecule has 1 atom stereocenters. The van der Waals surface area contributed by atoms with Crippen LogP contribution in [-0.2, 0) is 4.79 Å². The molecule has 8 heteroatoms. The maximum absolute atomic E-state index is 12.9. The van der Waals surface area contributed by atoms with E-state index < -0.39 is 5.97 Å². The van der Waals surface area contributed by atoms with E-state index in [1.807, 2.05) is 30.0 Å². The highest BCUT2D eigenvalue weighted by molar-refractivity contribution is 7.29. The summed E-state index contributed by atoms with van der Waals surface area (Å²) in [6, 6.07) is 1.96. The Kier molecular flexibility index (Phi) is 5.05. The summed E-state index contributed by atoms with van der Waals surface area (Å²) in [5.41, 5.74) is 0. The Morgan fingerprint density at radius 1 is 1.38 bits per heavy atom. The average Bonchev–Trinajstić information content (AvgIpc) is 3.11. The van der Waals surface area contributed by atoms with Gasteiger partial charge in [0.05, 0.1) is 9.58 Å². The molecule has 1 unspecified atom stereocenters. The maximum atomic E-state index is 12.9. The predicted octanol–water partition coefficient (Wildman–Crippen LogP) is 3.28. The lowest BCUT2D eigenvalue weighted by Crippen LogP contribution is -2.43. The third kappa shape index (κ3) is 3.54. The van der Waals surface area contributed by atoms with Gasteiger partial charge in [0.15, 0.2) is 5.13 Å². The zero-order valence-corrected chi connectivity index (χ0v) is 15.5. The van der Waals surface area contributed by atoms with Crippen LogP contribution in [0, 0.1) is 0 Å². The van der Waals surface area contributed by atoms with E-state index in [0.717, 1.165) is 33.9 Å². The molecule has 0 saturated carbocycles. The number of hydrogen-bond acceptors (Lipinski definition) is 6. The fourth-order valence-electron chi connectivity index (χ4n) is 3.02. The minimum absolute atomic E-state index is 0.0201. The second-order valence-corrected chi connectivity index (χ2v) is 8.29. The van der Waals surface area contributed by atoms with Crippen molar-refractivity contribution in [1.82, 2.24) is 9.88 Å². The van der Waals surface area contributed by atoms with Gasteiger partial charge in [0, 0.05) is 33.1 Å². The first-order valence-corrected chi connectivity index (χ1v) is 9.69. The quantitative estimate of drug-likeness (QED) is 0.878. The topological polar surface area (TPSA) is 73.7 Å². The Bertz CT molecular complexity index is 721. The molecule has 2 aromatic heterocycles. The van der Waals surface area contributed by atoms with Crippen LogP contribution in [0.15, 0.2) is 6.07 Å². The number of fused-ring (bicyclic) bond motifs is 1. The lowest BCUT2D eigenvalue weighted by molar-refractivity contribution is -0.137. The zero-order chi connectivity index (χ0) is 17.3. The number of aliphatic carboxylic acids is 1. The molecule has 24 heavy (non-hydrogen) atoms. The smallest absolute Gasteiger partial charge is 0.303 e. The predicted molar refractivity (Wildman–Crippen MR) is 97.4 cm³/mol. The lowest BCUT2D eigenvalue weighted by atomic mass is 9.97. The van der Waals surface area contributed by atoms with Gasteiger partial charge < -0.3 is 14.9 Å². The summed E-state index contributed by atoms with van der Waals surface area (Å²) in [6.45, 7) is 0.713. The molecule has 0 radical (unpaired) electrons. The number of amides is 1. The van der Waals surface area contributed by atoms with Gasteiger partial charge in [0.1, 0.15) is 4.83 Å². The summed E-state index contributed by atoms with van der Waals surface area (Å²) in [5.74, 6) is -0.781. The number of likely N-dealkylation sites (tertiary alicyclic amines) is 1. The number of hydrogen-bond donors (Lipinski definition) is 1. The van der Waals surface area contributed by atoms with Crippen molar-refractivity contribution >= 4 is 49.2 Å². The largest absolute Gasteiger partial charge is 0.481 e. The highest BCUT2D eigenvalue weighted by Crippen LogP contribution is 2.35. The minimum atomic E-state index is -0.801.